The molecular weight excluding hydrogens is 292 g/mol. The van der Waals surface area contributed by atoms with E-state index in [1.54, 1.807) is 24.3 Å². The van der Waals surface area contributed by atoms with Gasteiger partial charge < -0.3 is 15.7 Å². The monoisotopic (exact) mass is 312 g/mol. The zero-order valence-corrected chi connectivity index (χ0v) is 13.0. The lowest BCUT2D eigenvalue weighted by molar-refractivity contribution is -0.141. The van der Waals surface area contributed by atoms with Crippen LogP contribution in [0.15, 0.2) is 24.3 Å². The molecule has 1 aromatic rings. The standard InChI is InChI=1S/C15H21ClN2O3/c1-10(2)6-7-17-13(15(20)21)9-14(19)18-12-5-3-4-11(16)8-12/h3-5,8,10,13,17H,6-7,9H2,1-2H3,(H,18,19)(H,20,21). The van der Waals surface area contributed by atoms with Crippen LogP contribution in [0.25, 0.3) is 0 Å². The van der Waals surface area contributed by atoms with Gasteiger partial charge in [0.2, 0.25) is 5.91 Å². The smallest absolute Gasteiger partial charge is 0.321 e. The fraction of sp³-hybridized carbons (Fsp3) is 0.467. The first kappa shape index (κ1) is 17.5. The normalized spacial score (nSPS) is 12.2. The molecule has 3 N–H and O–H groups in total. The molecule has 0 radical (unpaired) electrons. The molecule has 6 heteroatoms. The van der Waals surface area contributed by atoms with E-state index >= 15 is 0 Å². The predicted octanol–water partition coefficient (Wildman–Crippen LogP) is 2.76. The number of benzene rings is 1. The second kappa shape index (κ2) is 8.64. The second-order valence-electron chi connectivity index (χ2n) is 5.29. The number of amides is 1. The molecule has 0 aliphatic heterocycles. The minimum Gasteiger partial charge on any atom is -0.480 e. The van der Waals surface area contributed by atoms with Crippen molar-refractivity contribution < 1.29 is 14.7 Å². The molecule has 1 unspecified atom stereocenters. The van der Waals surface area contributed by atoms with Crippen molar-refractivity contribution in [2.75, 3.05) is 11.9 Å². The van der Waals surface area contributed by atoms with Crippen LogP contribution in [0.5, 0.6) is 0 Å². The third kappa shape index (κ3) is 7.11. The fourth-order valence-corrected chi connectivity index (χ4v) is 1.95. The molecule has 0 aromatic heterocycles. The summed E-state index contributed by atoms with van der Waals surface area (Å²) in [6.45, 7) is 4.69. The molecule has 0 saturated heterocycles. The average Bonchev–Trinajstić information content (AvgIpc) is 2.36. The van der Waals surface area contributed by atoms with Crippen LogP contribution in [-0.4, -0.2) is 29.6 Å². The summed E-state index contributed by atoms with van der Waals surface area (Å²) in [7, 11) is 0. The number of anilines is 1. The molecule has 1 atom stereocenters. The van der Waals surface area contributed by atoms with Crippen LogP contribution in [0.2, 0.25) is 5.02 Å². The number of rotatable bonds is 8. The molecular formula is C15H21ClN2O3. The zero-order chi connectivity index (χ0) is 15.8. The van der Waals surface area contributed by atoms with E-state index in [4.69, 9.17) is 16.7 Å². The summed E-state index contributed by atoms with van der Waals surface area (Å²) in [4.78, 5) is 23.0. The lowest BCUT2D eigenvalue weighted by Crippen LogP contribution is -2.40. The van der Waals surface area contributed by atoms with Crippen molar-refractivity contribution in [3.63, 3.8) is 0 Å². The summed E-state index contributed by atoms with van der Waals surface area (Å²) in [5.74, 6) is -0.908. The molecule has 0 aliphatic rings. The number of hydrogen-bond acceptors (Lipinski definition) is 3. The SMILES string of the molecule is CC(C)CCNC(CC(=O)Nc1cccc(Cl)c1)C(=O)O. The summed E-state index contributed by atoms with van der Waals surface area (Å²) < 4.78 is 0. The maximum absolute atomic E-state index is 11.9. The Hall–Kier alpha value is -1.59. The molecule has 5 nitrogen and oxygen atoms in total. The summed E-state index contributed by atoms with van der Waals surface area (Å²) in [6, 6.07) is 5.84. The highest BCUT2D eigenvalue weighted by Gasteiger charge is 2.20. The van der Waals surface area contributed by atoms with Crippen LogP contribution in [0.1, 0.15) is 26.7 Å². The topological polar surface area (TPSA) is 78.4 Å². The van der Waals surface area contributed by atoms with E-state index < -0.39 is 12.0 Å². The van der Waals surface area contributed by atoms with Crippen LogP contribution >= 0.6 is 11.6 Å². The van der Waals surface area contributed by atoms with Gasteiger partial charge in [-0.05, 0) is 37.1 Å². The summed E-state index contributed by atoms with van der Waals surface area (Å²) >= 11 is 5.82. The molecule has 116 valence electrons. The van der Waals surface area contributed by atoms with E-state index in [2.05, 4.69) is 24.5 Å². The van der Waals surface area contributed by atoms with Gasteiger partial charge in [0.15, 0.2) is 0 Å². The van der Waals surface area contributed by atoms with E-state index in [1.807, 2.05) is 0 Å². The number of carboxylic acids is 1. The first-order valence-electron chi connectivity index (χ1n) is 6.90. The molecule has 1 amide bonds. The van der Waals surface area contributed by atoms with Crippen molar-refractivity contribution in [1.29, 1.82) is 0 Å². The number of carboxylic acid groups (broad SMARTS) is 1. The van der Waals surface area contributed by atoms with Crippen molar-refractivity contribution in [2.45, 2.75) is 32.7 Å². The van der Waals surface area contributed by atoms with Crippen molar-refractivity contribution in [3.8, 4) is 0 Å². The van der Waals surface area contributed by atoms with Gasteiger partial charge in [0, 0.05) is 10.7 Å². The van der Waals surface area contributed by atoms with Gasteiger partial charge in [-0.25, -0.2) is 0 Å². The van der Waals surface area contributed by atoms with Crippen molar-refractivity contribution in [3.05, 3.63) is 29.3 Å². The number of aliphatic carboxylic acids is 1. The molecule has 21 heavy (non-hydrogen) atoms. The van der Waals surface area contributed by atoms with E-state index in [-0.39, 0.29) is 12.3 Å². The van der Waals surface area contributed by atoms with Crippen LogP contribution in [0.4, 0.5) is 5.69 Å². The lowest BCUT2D eigenvalue weighted by atomic mass is 10.1. The summed E-state index contributed by atoms with van der Waals surface area (Å²) in [5.41, 5.74) is 0.554. The van der Waals surface area contributed by atoms with Gasteiger partial charge in [-0.2, -0.15) is 0 Å². The summed E-state index contributed by atoms with van der Waals surface area (Å²) in [6.07, 6.45) is 0.736. The van der Waals surface area contributed by atoms with Gasteiger partial charge in [0.1, 0.15) is 6.04 Å². The van der Waals surface area contributed by atoms with E-state index in [0.717, 1.165) is 6.42 Å². The fourth-order valence-electron chi connectivity index (χ4n) is 1.76. The Labute approximate surface area is 129 Å². The molecule has 1 aromatic carbocycles. The molecule has 0 aliphatic carbocycles. The van der Waals surface area contributed by atoms with Gasteiger partial charge in [-0.3, -0.25) is 9.59 Å². The zero-order valence-electron chi connectivity index (χ0n) is 12.2. The van der Waals surface area contributed by atoms with E-state index in [0.29, 0.717) is 23.2 Å². The maximum Gasteiger partial charge on any atom is 0.321 e. The molecule has 0 saturated carbocycles. The Balaban J connectivity index is 2.50. The highest BCUT2D eigenvalue weighted by atomic mass is 35.5. The van der Waals surface area contributed by atoms with E-state index in [1.165, 1.54) is 0 Å². The predicted molar refractivity (Wildman–Crippen MR) is 83.6 cm³/mol. The number of carbonyl (C=O) groups excluding carboxylic acids is 1. The lowest BCUT2D eigenvalue weighted by Gasteiger charge is -2.15. The van der Waals surface area contributed by atoms with Crippen LogP contribution < -0.4 is 10.6 Å². The Morgan fingerprint density at radius 3 is 2.62 bits per heavy atom. The van der Waals surface area contributed by atoms with Gasteiger partial charge >= 0.3 is 5.97 Å². The Morgan fingerprint density at radius 2 is 2.05 bits per heavy atom. The molecule has 0 fully saturated rings. The molecule has 1 rings (SSSR count). The minimum atomic E-state index is -1.03. The molecule has 0 heterocycles. The van der Waals surface area contributed by atoms with Gasteiger partial charge in [-0.1, -0.05) is 31.5 Å². The third-order valence-electron chi connectivity index (χ3n) is 2.91. The van der Waals surface area contributed by atoms with Crippen LogP contribution in [0, 0.1) is 5.92 Å². The van der Waals surface area contributed by atoms with Crippen LogP contribution in [0.3, 0.4) is 0 Å². The largest absolute Gasteiger partial charge is 0.480 e. The summed E-state index contributed by atoms with van der Waals surface area (Å²) in [5, 5.41) is 15.2. The Morgan fingerprint density at radius 1 is 1.33 bits per heavy atom. The van der Waals surface area contributed by atoms with Crippen molar-refractivity contribution in [2.24, 2.45) is 5.92 Å². The quantitative estimate of drug-likeness (QED) is 0.689. The number of nitrogens with one attached hydrogen (secondary N) is 2. The Bertz CT molecular complexity index is 492. The highest BCUT2D eigenvalue weighted by molar-refractivity contribution is 6.30. The minimum absolute atomic E-state index is 0.125. The van der Waals surface area contributed by atoms with Crippen LogP contribution in [-0.2, 0) is 9.59 Å². The number of hydrogen-bond donors (Lipinski definition) is 3. The van der Waals surface area contributed by atoms with E-state index in [9.17, 15) is 9.59 Å². The maximum atomic E-state index is 11.9. The van der Waals surface area contributed by atoms with Gasteiger partial charge in [0.05, 0.1) is 6.42 Å². The van der Waals surface area contributed by atoms with Crippen molar-refractivity contribution >= 4 is 29.2 Å². The highest BCUT2D eigenvalue weighted by Crippen LogP contribution is 2.15. The second-order valence-corrected chi connectivity index (χ2v) is 5.73. The average molecular weight is 313 g/mol. The first-order valence-corrected chi connectivity index (χ1v) is 7.28. The third-order valence-corrected chi connectivity index (χ3v) is 3.14. The van der Waals surface area contributed by atoms with Gasteiger partial charge in [0.25, 0.3) is 0 Å². The van der Waals surface area contributed by atoms with Crippen molar-refractivity contribution in [1.82, 2.24) is 5.32 Å². The molecule has 0 spiro atoms. The van der Waals surface area contributed by atoms with Gasteiger partial charge in [-0.15, -0.1) is 0 Å². The number of carbonyl (C=O) groups is 2. The molecule has 0 bridgehead atoms. The Kier molecular flexibility index (Phi) is 7.19. The first-order chi connectivity index (χ1) is 9.88. The number of halogens is 1.